The monoisotopic (exact) mass is 326 g/mol. The van der Waals surface area contributed by atoms with Gasteiger partial charge < -0.3 is 15.2 Å². The Morgan fingerprint density at radius 2 is 1.83 bits per heavy atom. The van der Waals surface area contributed by atoms with Crippen molar-refractivity contribution in [3.05, 3.63) is 59.9 Å². The Kier molecular flexibility index (Phi) is 5.11. The Balaban J connectivity index is 2.05. The van der Waals surface area contributed by atoms with Crippen LogP contribution in [-0.2, 0) is 6.54 Å². The summed E-state index contributed by atoms with van der Waals surface area (Å²) in [6, 6.07) is 14.7. The van der Waals surface area contributed by atoms with Gasteiger partial charge in [-0.05, 0) is 36.2 Å². The molecule has 0 unspecified atom stereocenters. The van der Waals surface area contributed by atoms with Gasteiger partial charge in [0.05, 0.1) is 17.6 Å². The Labute approximate surface area is 141 Å². The lowest BCUT2D eigenvalue weighted by molar-refractivity contribution is 0.626. The zero-order valence-corrected chi connectivity index (χ0v) is 14.0. The van der Waals surface area contributed by atoms with E-state index in [2.05, 4.69) is 22.5 Å². The van der Waals surface area contributed by atoms with Crippen molar-refractivity contribution in [2.24, 2.45) is 5.73 Å². The summed E-state index contributed by atoms with van der Waals surface area (Å²) in [6.07, 6.45) is 1.03. The van der Waals surface area contributed by atoms with E-state index >= 15 is 0 Å². The molecule has 0 spiro atoms. The van der Waals surface area contributed by atoms with Crippen molar-refractivity contribution in [1.29, 1.82) is 0 Å². The zero-order valence-electron chi connectivity index (χ0n) is 14.0. The fraction of sp³-hybridized carbons (Fsp3) is 0.316. The molecule has 3 aromatic rings. The van der Waals surface area contributed by atoms with Gasteiger partial charge in [0.1, 0.15) is 5.82 Å². The predicted octanol–water partition coefficient (Wildman–Crippen LogP) is 3.40. The van der Waals surface area contributed by atoms with Crippen molar-refractivity contribution >= 4 is 17.0 Å². The molecular weight excluding hydrogens is 303 g/mol. The van der Waals surface area contributed by atoms with Crippen molar-refractivity contribution in [2.75, 3.05) is 24.5 Å². The Hall–Kier alpha value is -2.40. The second-order valence-corrected chi connectivity index (χ2v) is 5.89. The maximum absolute atomic E-state index is 13.2. The molecule has 4 nitrogen and oxygen atoms in total. The molecule has 0 aliphatic heterocycles. The number of fused-ring (bicyclic) bond motifs is 1. The van der Waals surface area contributed by atoms with Gasteiger partial charge in [0.15, 0.2) is 0 Å². The number of nitrogens with two attached hydrogens (primary N) is 1. The van der Waals surface area contributed by atoms with Gasteiger partial charge in [-0.25, -0.2) is 9.37 Å². The van der Waals surface area contributed by atoms with E-state index in [4.69, 9.17) is 10.7 Å². The highest BCUT2D eigenvalue weighted by Gasteiger charge is 2.16. The molecule has 24 heavy (non-hydrogen) atoms. The molecule has 0 fully saturated rings. The number of hydrogen-bond acceptors (Lipinski definition) is 3. The van der Waals surface area contributed by atoms with Crippen molar-refractivity contribution in [2.45, 2.75) is 19.9 Å². The van der Waals surface area contributed by atoms with Gasteiger partial charge in [-0.3, -0.25) is 0 Å². The number of imidazole rings is 1. The van der Waals surface area contributed by atoms with Crippen LogP contribution in [0.3, 0.4) is 0 Å². The van der Waals surface area contributed by atoms with Gasteiger partial charge in [0.25, 0.3) is 0 Å². The van der Waals surface area contributed by atoms with Crippen LogP contribution >= 0.6 is 0 Å². The number of nitrogens with zero attached hydrogens (tertiary/aromatic N) is 3. The molecule has 0 atom stereocenters. The van der Waals surface area contributed by atoms with Crippen LogP contribution in [0.1, 0.15) is 18.9 Å². The van der Waals surface area contributed by atoms with Gasteiger partial charge in [0, 0.05) is 19.6 Å². The van der Waals surface area contributed by atoms with Crippen LogP contribution in [0, 0.1) is 5.82 Å². The molecule has 1 heterocycles. The van der Waals surface area contributed by atoms with Crippen molar-refractivity contribution in [3.63, 3.8) is 0 Å². The summed E-state index contributed by atoms with van der Waals surface area (Å²) < 4.78 is 15.4. The quantitative estimate of drug-likeness (QED) is 0.724. The van der Waals surface area contributed by atoms with E-state index in [1.54, 1.807) is 0 Å². The minimum absolute atomic E-state index is 0.217. The normalized spacial score (nSPS) is 11.1. The van der Waals surface area contributed by atoms with Gasteiger partial charge in [-0.1, -0.05) is 31.2 Å². The molecule has 0 saturated heterocycles. The second-order valence-electron chi connectivity index (χ2n) is 5.89. The topological polar surface area (TPSA) is 47.1 Å². The summed E-state index contributed by atoms with van der Waals surface area (Å²) in [6.45, 7) is 5.06. The third kappa shape index (κ3) is 3.41. The molecule has 5 heteroatoms. The van der Waals surface area contributed by atoms with E-state index < -0.39 is 0 Å². The third-order valence-electron chi connectivity index (χ3n) is 4.06. The van der Waals surface area contributed by atoms with Crippen LogP contribution in [0.25, 0.3) is 11.0 Å². The summed E-state index contributed by atoms with van der Waals surface area (Å²) in [5.41, 5.74) is 8.88. The molecule has 2 N–H and O–H groups in total. The lowest BCUT2D eigenvalue weighted by Crippen LogP contribution is -2.32. The van der Waals surface area contributed by atoms with E-state index in [1.807, 2.05) is 30.3 Å². The maximum atomic E-state index is 13.2. The zero-order chi connectivity index (χ0) is 16.9. The summed E-state index contributed by atoms with van der Waals surface area (Å²) in [4.78, 5) is 7.05. The van der Waals surface area contributed by atoms with Crippen LogP contribution in [0.15, 0.2) is 48.5 Å². The van der Waals surface area contributed by atoms with Gasteiger partial charge in [0.2, 0.25) is 5.95 Å². The SMILES string of the molecule is CCCN(CCN)c1nc2ccccc2n1Cc1ccc(F)cc1. The maximum Gasteiger partial charge on any atom is 0.206 e. The second kappa shape index (κ2) is 7.45. The number of halogens is 1. The number of aromatic nitrogens is 2. The Morgan fingerprint density at radius 3 is 2.54 bits per heavy atom. The van der Waals surface area contributed by atoms with Crippen LogP contribution < -0.4 is 10.6 Å². The smallest absolute Gasteiger partial charge is 0.206 e. The van der Waals surface area contributed by atoms with E-state index in [-0.39, 0.29) is 5.82 Å². The largest absolute Gasteiger partial charge is 0.341 e. The highest BCUT2D eigenvalue weighted by molar-refractivity contribution is 5.79. The fourth-order valence-electron chi connectivity index (χ4n) is 2.97. The molecule has 3 rings (SSSR count). The highest BCUT2D eigenvalue weighted by atomic mass is 19.1. The minimum Gasteiger partial charge on any atom is -0.341 e. The standard InChI is InChI=1S/C19H23FN4/c1-2-12-23(13-11-21)19-22-17-5-3-4-6-18(17)24(19)14-15-7-9-16(20)10-8-15/h3-10H,2,11-14,21H2,1H3. The van der Waals surface area contributed by atoms with Gasteiger partial charge in [-0.15, -0.1) is 0 Å². The van der Waals surface area contributed by atoms with Crippen molar-refractivity contribution < 1.29 is 4.39 Å². The summed E-state index contributed by atoms with van der Waals surface area (Å²) in [7, 11) is 0. The van der Waals surface area contributed by atoms with E-state index in [0.717, 1.165) is 42.1 Å². The number of benzene rings is 2. The number of para-hydroxylation sites is 2. The molecule has 2 aromatic carbocycles. The number of rotatable bonds is 7. The average molecular weight is 326 g/mol. The summed E-state index contributed by atoms with van der Waals surface area (Å²) in [5, 5.41) is 0. The van der Waals surface area contributed by atoms with Crippen LogP contribution in [0.5, 0.6) is 0 Å². The first-order chi connectivity index (χ1) is 11.7. The molecule has 126 valence electrons. The number of hydrogen-bond donors (Lipinski definition) is 1. The molecule has 0 radical (unpaired) electrons. The lowest BCUT2D eigenvalue weighted by atomic mass is 10.2. The van der Waals surface area contributed by atoms with Crippen LogP contribution in [0.2, 0.25) is 0 Å². The molecule has 1 aromatic heterocycles. The van der Waals surface area contributed by atoms with Crippen molar-refractivity contribution in [1.82, 2.24) is 9.55 Å². The van der Waals surface area contributed by atoms with E-state index in [9.17, 15) is 4.39 Å². The summed E-state index contributed by atoms with van der Waals surface area (Å²) >= 11 is 0. The first-order valence-electron chi connectivity index (χ1n) is 8.37. The fourth-order valence-corrected chi connectivity index (χ4v) is 2.97. The van der Waals surface area contributed by atoms with E-state index in [0.29, 0.717) is 13.1 Å². The third-order valence-corrected chi connectivity index (χ3v) is 4.06. The van der Waals surface area contributed by atoms with Gasteiger partial charge in [-0.2, -0.15) is 0 Å². The van der Waals surface area contributed by atoms with E-state index in [1.165, 1.54) is 12.1 Å². The highest BCUT2D eigenvalue weighted by Crippen LogP contribution is 2.24. The predicted molar refractivity (Wildman–Crippen MR) is 96.8 cm³/mol. The summed E-state index contributed by atoms with van der Waals surface area (Å²) in [5.74, 6) is 0.707. The minimum atomic E-state index is -0.217. The molecule has 0 saturated carbocycles. The molecule has 0 aliphatic rings. The number of anilines is 1. The van der Waals surface area contributed by atoms with Crippen LogP contribution in [-0.4, -0.2) is 29.2 Å². The molecular formula is C19H23FN4. The Bertz CT molecular complexity index is 789. The first-order valence-corrected chi connectivity index (χ1v) is 8.37. The average Bonchev–Trinajstić information content (AvgIpc) is 2.95. The van der Waals surface area contributed by atoms with Gasteiger partial charge >= 0.3 is 0 Å². The van der Waals surface area contributed by atoms with Crippen LogP contribution in [0.4, 0.5) is 10.3 Å². The Morgan fingerprint density at radius 1 is 1.08 bits per heavy atom. The molecule has 0 aliphatic carbocycles. The first kappa shape index (κ1) is 16.5. The molecule has 0 bridgehead atoms. The lowest BCUT2D eigenvalue weighted by Gasteiger charge is -2.23. The van der Waals surface area contributed by atoms with Crippen molar-refractivity contribution in [3.8, 4) is 0 Å². The molecule has 0 amide bonds.